The number of hydrogen-bond acceptors (Lipinski definition) is 4. The van der Waals surface area contributed by atoms with Crippen molar-refractivity contribution in [1.29, 1.82) is 0 Å². The molecule has 0 atom stereocenters. The van der Waals surface area contributed by atoms with Crippen LogP contribution in [0.1, 0.15) is 11.1 Å². The molecule has 0 aliphatic carbocycles. The molecule has 0 amide bonds. The predicted molar refractivity (Wildman–Crippen MR) is 88.3 cm³/mol. The van der Waals surface area contributed by atoms with Crippen molar-refractivity contribution >= 4 is 34.4 Å². The van der Waals surface area contributed by atoms with E-state index in [2.05, 4.69) is 9.98 Å². The quantitative estimate of drug-likeness (QED) is 0.564. The van der Waals surface area contributed by atoms with Crippen molar-refractivity contribution in [2.24, 2.45) is 4.99 Å². The summed E-state index contributed by atoms with van der Waals surface area (Å²) in [5.41, 5.74) is 2.42. The molecule has 4 nitrogen and oxygen atoms in total. The lowest BCUT2D eigenvalue weighted by Gasteiger charge is -2.06. The summed E-state index contributed by atoms with van der Waals surface area (Å²) in [5.74, 6) is 0.154. The van der Waals surface area contributed by atoms with Crippen LogP contribution in [-0.2, 0) is 5.88 Å². The van der Waals surface area contributed by atoms with Crippen LogP contribution in [0.2, 0.25) is 0 Å². The first-order valence-electron chi connectivity index (χ1n) is 6.68. The summed E-state index contributed by atoms with van der Waals surface area (Å²) in [6.45, 7) is 0. The number of benzene rings is 2. The average molecular weight is 313 g/mol. The first kappa shape index (κ1) is 14.4. The fourth-order valence-electron chi connectivity index (χ4n) is 2.13. The molecule has 22 heavy (non-hydrogen) atoms. The Morgan fingerprint density at radius 2 is 1.77 bits per heavy atom. The molecule has 0 aliphatic heterocycles. The average Bonchev–Trinajstić information content (AvgIpc) is 2.55. The Balaban J connectivity index is 2.00. The van der Waals surface area contributed by atoms with Crippen LogP contribution in [0.4, 0.5) is 5.69 Å². The Hall–Kier alpha value is -2.59. The standard InChI is InChI=1S/C17H13ClN2O2/c18-9-11-5-7-12(8-6-11)19-10-14-16(21)13-3-1-2-4-15(13)20-17(14)22/h1-8,10H,9H2,(H2,20,21,22). The number of pyridine rings is 1. The van der Waals surface area contributed by atoms with Gasteiger partial charge in [0, 0.05) is 17.5 Å². The van der Waals surface area contributed by atoms with Crippen molar-refractivity contribution in [2.75, 3.05) is 0 Å². The van der Waals surface area contributed by atoms with Gasteiger partial charge in [0.15, 0.2) is 0 Å². The normalized spacial score (nSPS) is 11.3. The van der Waals surface area contributed by atoms with E-state index in [4.69, 9.17) is 11.6 Å². The van der Waals surface area contributed by atoms with Crippen LogP contribution >= 0.6 is 11.6 Å². The second-order valence-electron chi connectivity index (χ2n) is 4.77. The van der Waals surface area contributed by atoms with Gasteiger partial charge >= 0.3 is 0 Å². The van der Waals surface area contributed by atoms with Gasteiger partial charge in [0.2, 0.25) is 5.88 Å². The van der Waals surface area contributed by atoms with Gasteiger partial charge in [-0.15, -0.1) is 11.6 Å². The SMILES string of the molecule is Oc1nc2ccccc2c(O)c1C=Nc1ccc(CCl)cc1. The summed E-state index contributed by atoms with van der Waals surface area (Å²) in [5, 5.41) is 20.8. The maximum absolute atomic E-state index is 10.3. The van der Waals surface area contributed by atoms with Crippen molar-refractivity contribution in [3.05, 3.63) is 59.7 Å². The third-order valence-corrected chi connectivity index (χ3v) is 3.62. The third kappa shape index (κ3) is 2.73. The van der Waals surface area contributed by atoms with E-state index in [-0.39, 0.29) is 17.2 Å². The molecule has 0 spiro atoms. The molecule has 0 fully saturated rings. The fourth-order valence-corrected chi connectivity index (χ4v) is 2.30. The second kappa shape index (κ2) is 6.03. The minimum Gasteiger partial charge on any atom is -0.506 e. The Kier molecular flexibility index (Phi) is 3.94. The highest BCUT2D eigenvalue weighted by Gasteiger charge is 2.11. The van der Waals surface area contributed by atoms with Gasteiger partial charge in [0.1, 0.15) is 5.75 Å². The van der Waals surface area contributed by atoms with Gasteiger partial charge < -0.3 is 10.2 Å². The Morgan fingerprint density at radius 3 is 2.50 bits per heavy atom. The Labute approximate surface area is 132 Å². The molecule has 110 valence electrons. The lowest BCUT2D eigenvalue weighted by Crippen LogP contribution is -1.90. The molecule has 0 saturated carbocycles. The number of aliphatic imine (C=N–C) groups is 1. The Morgan fingerprint density at radius 1 is 1.05 bits per heavy atom. The predicted octanol–water partition coefficient (Wildman–Crippen LogP) is 4.14. The number of halogens is 1. The number of hydrogen-bond donors (Lipinski definition) is 2. The second-order valence-corrected chi connectivity index (χ2v) is 5.04. The van der Waals surface area contributed by atoms with Gasteiger partial charge in [-0.05, 0) is 29.8 Å². The maximum Gasteiger partial charge on any atom is 0.224 e. The highest BCUT2D eigenvalue weighted by molar-refractivity contribution is 6.17. The van der Waals surface area contributed by atoms with Gasteiger partial charge in [0.25, 0.3) is 0 Å². The van der Waals surface area contributed by atoms with E-state index in [1.54, 1.807) is 24.3 Å². The highest BCUT2D eigenvalue weighted by Crippen LogP contribution is 2.32. The van der Waals surface area contributed by atoms with E-state index in [1.165, 1.54) is 6.21 Å². The maximum atomic E-state index is 10.3. The number of para-hydroxylation sites is 1. The van der Waals surface area contributed by atoms with Crippen molar-refractivity contribution in [1.82, 2.24) is 4.98 Å². The van der Waals surface area contributed by atoms with Crippen LogP contribution in [0, 0.1) is 0 Å². The van der Waals surface area contributed by atoms with Crippen molar-refractivity contribution in [3.63, 3.8) is 0 Å². The van der Waals surface area contributed by atoms with E-state index in [9.17, 15) is 10.2 Å². The minimum atomic E-state index is -0.252. The molecule has 0 unspecified atom stereocenters. The first-order chi connectivity index (χ1) is 10.7. The number of rotatable bonds is 3. The molecular weight excluding hydrogens is 300 g/mol. The minimum absolute atomic E-state index is 0.0378. The molecule has 2 aromatic carbocycles. The molecule has 0 aliphatic rings. The largest absolute Gasteiger partial charge is 0.506 e. The van der Waals surface area contributed by atoms with Crippen molar-refractivity contribution in [2.45, 2.75) is 5.88 Å². The zero-order chi connectivity index (χ0) is 15.5. The van der Waals surface area contributed by atoms with E-state index in [0.29, 0.717) is 22.5 Å². The molecule has 5 heteroatoms. The topological polar surface area (TPSA) is 65.7 Å². The number of fused-ring (bicyclic) bond motifs is 1. The van der Waals surface area contributed by atoms with Gasteiger partial charge in [-0.2, -0.15) is 0 Å². The molecule has 0 saturated heterocycles. The summed E-state index contributed by atoms with van der Waals surface area (Å²) < 4.78 is 0. The van der Waals surface area contributed by atoms with E-state index < -0.39 is 0 Å². The van der Waals surface area contributed by atoms with Crippen LogP contribution in [0.15, 0.2) is 53.5 Å². The zero-order valence-corrected chi connectivity index (χ0v) is 12.3. The lowest BCUT2D eigenvalue weighted by molar-refractivity contribution is 0.439. The molecule has 2 N–H and O–H groups in total. The smallest absolute Gasteiger partial charge is 0.224 e. The van der Waals surface area contributed by atoms with E-state index >= 15 is 0 Å². The van der Waals surface area contributed by atoms with E-state index in [1.807, 2.05) is 24.3 Å². The van der Waals surface area contributed by atoms with Crippen LogP contribution in [0.25, 0.3) is 10.9 Å². The molecule has 3 aromatic rings. The molecule has 1 heterocycles. The van der Waals surface area contributed by atoms with Gasteiger partial charge in [-0.25, -0.2) is 4.98 Å². The van der Waals surface area contributed by atoms with Crippen molar-refractivity contribution in [3.8, 4) is 11.6 Å². The monoisotopic (exact) mass is 312 g/mol. The summed E-state index contributed by atoms with van der Waals surface area (Å²) in [6, 6.07) is 14.4. The van der Waals surface area contributed by atoms with E-state index in [0.717, 1.165) is 5.56 Å². The molecule has 3 rings (SSSR count). The Bertz CT molecular complexity index is 845. The fraction of sp³-hybridized carbons (Fsp3) is 0.0588. The summed E-state index contributed by atoms with van der Waals surface area (Å²) in [4.78, 5) is 8.32. The molecule has 0 radical (unpaired) electrons. The van der Waals surface area contributed by atoms with Gasteiger partial charge in [0.05, 0.1) is 16.8 Å². The molecule has 0 bridgehead atoms. The van der Waals surface area contributed by atoms with Gasteiger partial charge in [-0.1, -0.05) is 24.3 Å². The van der Waals surface area contributed by atoms with Crippen LogP contribution < -0.4 is 0 Å². The lowest BCUT2D eigenvalue weighted by atomic mass is 10.1. The number of nitrogens with zero attached hydrogens (tertiary/aromatic N) is 2. The van der Waals surface area contributed by atoms with Crippen LogP contribution in [0.5, 0.6) is 11.6 Å². The summed E-state index contributed by atoms with van der Waals surface area (Å²) in [7, 11) is 0. The number of alkyl halides is 1. The number of aromatic hydroxyl groups is 2. The summed E-state index contributed by atoms with van der Waals surface area (Å²) >= 11 is 5.74. The van der Waals surface area contributed by atoms with Crippen LogP contribution in [0.3, 0.4) is 0 Å². The molecule has 1 aromatic heterocycles. The number of aromatic nitrogens is 1. The highest BCUT2D eigenvalue weighted by atomic mass is 35.5. The van der Waals surface area contributed by atoms with Crippen molar-refractivity contribution < 1.29 is 10.2 Å². The summed E-state index contributed by atoms with van der Waals surface area (Å²) in [6.07, 6.45) is 1.40. The third-order valence-electron chi connectivity index (χ3n) is 3.31. The zero-order valence-electron chi connectivity index (χ0n) is 11.6. The first-order valence-corrected chi connectivity index (χ1v) is 7.22. The van der Waals surface area contributed by atoms with Gasteiger partial charge in [-0.3, -0.25) is 4.99 Å². The van der Waals surface area contributed by atoms with Crippen LogP contribution in [-0.4, -0.2) is 21.4 Å². The molecular formula is C17H13ClN2O2.